The number of rotatable bonds is 7. The molecule has 4 heteroatoms. The Balaban J connectivity index is 2.20. The van der Waals surface area contributed by atoms with Gasteiger partial charge >= 0.3 is 0 Å². The minimum Gasteiger partial charge on any atom is -0.477 e. The fourth-order valence-corrected chi connectivity index (χ4v) is 1.21. The molecule has 0 radical (unpaired) electrons. The van der Waals surface area contributed by atoms with Crippen molar-refractivity contribution in [1.29, 1.82) is 0 Å². The molecule has 15 heavy (non-hydrogen) atoms. The van der Waals surface area contributed by atoms with Gasteiger partial charge in [-0.2, -0.15) is 0 Å². The van der Waals surface area contributed by atoms with Gasteiger partial charge < -0.3 is 9.84 Å². The first-order chi connectivity index (χ1) is 7.36. The second kappa shape index (κ2) is 7.17. The molecule has 4 nitrogen and oxygen atoms in total. The summed E-state index contributed by atoms with van der Waals surface area (Å²) >= 11 is 0. The zero-order valence-electron chi connectivity index (χ0n) is 9.15. The van der Waals surface area contributed by atoms with Crippen LogP contribution in [0.3, 0.4) is 0 Å². The first-order valence-electron chi connectivity index (χ1n) is 5.43. The van der Waals surface area contributed by atoms with Crippen LogP contribution in [0.25, 0.3) is 0 Å². The minimum atomic E-state index is -0.0796. The van der Waals surface area contributed by atoms with E-state index >= 15 is 0 Å². The highest BCUT2D eigenvalue weighted by Gasteiger charge is 1.97. The van der Waals surface area contributed by atoms with Crippen LogP contribution < -0.4 is 4.74 Å². The molecule has 0 fully saturated rings. The Hall–Kier alpha value is -1.16. The molecule has 0 aliphatic heterocycles. The predicted octanol–water partition coefficient (Wildman–Crippen LogP) is 1.93. The van der Waals surface area contributed by atoms with E-state index in [-0.39, 0.29) is 6.61 Å². The lowest BCUT2D eigenvalue weighted by molar-refractivity contribution is 0.269. The van der Waals surface area contributed by atoms with Gasteiger partial charge in [-0.1, -0.05) is 26.2 Å². The van der Waals surface area contributed by atoms with Crippen molar-refractivity contribution < 1.29 is 9.84 Å². The van der Waals surface area contributed by atoms with Crippen LogP contribution in [0.4, 0.5) is 0 Å². The first-order valence-corrected chi connectivity index (χ1v) is 5.43. The van der Waals surface area contributed by atoms with Crippen molar-refractivity contribution in [3.8, 4) is 5.88 Å². The molecule has 0 bridgehead atoms. The van der Waals surface area contributed by atoms with Crippen molar-refractivity contribution in [2.24, 2.45) is 0 Å². The second-order valence-electron chi connectivity index (χ2n) is 3.43. The van der Waals surface area contributed by atoms with E-state index < -0.39 is 0 Å². The van der Waals surface area contributed by atoms with Crippen LogP contribution in [-0.2, 0) is 6.61 Å². The van der Waals surface area contributed by atoms with Crippen LogP contribution in [0, 0.1) is 0 Å². The Kier molecular flexibility index (Phi) is 5.70. The Morgan fingerprint density at radius 1 is 1.20 bits per heavy atom. The third-order valence-corrected chi connectivity index (χ3v) is 2.11. The third-order valence-electron chi connectivity index (χ3n) is 2.11. The molecule has 0 atom stereocenters. The zero-order valence-corrected chi connectivity index (χ0v) is 9.15. The first kappa shape index (κ1) is 11.9. The molecule has 0 saturated carbocycles. The molecular formula is C11H18N2O2. The molecule has 1 heterocycles. The maximum Gasteiger partial charge on any atom is 0.233 e. The summed E-state index contributed by atoms with van der Waals surface area (Å²) in [6, 6.07) is 3.45. The second-order valence-corrected chi connectivity index (χ2v) is 3.43. The number of hydrogen-bond acceptors (Lipinski definition) is 4. The van der Waals surface area contributed by atoms with Gasteiger partial charge in [0.2, 0.25) is 5.88 Å². The largest absolute Gasteiger partial charge is 0.477 e. The third kappa shape index (κ3) is 4.74. The summed E-state index contributed by atoms with van der Waals surface area (Å²) in [6.45, 7) is 2.79. The summed E-state index contributed by atoms with van der Waals surface area (Å²) < 4.78 is 5.40. The van der Waals surface area contributed by atoms with Crippen LogP contribution in [0.2, 0.25) is 0 Å². The van der Waals surface area contributed by atoms with E-state index in [0.717, 1.165) is 6.42 Å². The molecular weight excluding hydrogens is 192 g/mol. The summed E-state index contributed by atoms with van der Waals surface area (Å²) in [6.07, 6.45) is 4.72. The molecule has 0 unspecified atom stereocenters. The Morgan fingerprint density at radius 3 is 2.67 bits per heavy atom. The van der Waals surface area contributed by atoms with Crippen molar-refractivity contribution >= 4 is 0 Å². The van der Waals surface area contributed by atoms with E-state index in [4.69, 9.17) is 9.84 Å². The summed E-state index contributed by atoms with van der Waals surface area (Å²) in [5, 5.41) is 16.4. The van der Waals surface area contributed by atoms with Crippen molar-refractivity contribution in [2.45, 2.75) is 39.2 Å². The monoisotopic (exact) mass is 210 g/mol. The number of aliphatic hydroxyl groups excluding tert-OH is 1. The number of unbranched alkanes of at least 4 members (excludes halogenated alkanes) is 3. The number of aliphatic hydroxyl groups is 1. The molecule has 0 amide bonds. The number of ether oxygens (including phenoxy) is 1. The van der Waals surface area contributed by atoms with E-state index in [1.807, 2.05) is 0 Å². The molecule has 1 aromatic heterocycles. The van der Waals surface area contributed by atoms with Crippen LogP contribution >= 0.6 is 0 Å². The van der Waals surface area contributed by atoms with Crippen LogP contribution in [0.15, 0.2) is 12.1 Å². The van der Waals surface area contributed by atoms with Gasteiger partial charge in [0, 0.05) is 6.07 Å². The lowest BCUT2D eigenvalue weighted by Gasteiger charge is -2.04. The topological polar surface area (TPSA) is 55.2 Å². The van der Waals surface area contributed by atoms with Gasteiger partial charge in [-0.05, 0) is 12.5 Å². The Labute approximate surface area is 90.3 Å². The zero-order chi connectivity index (χ0) is 10.9. The number of hydrogen-bond donors (Lipinski definition) is 1. The summed E-state index contributed by atoms with van der Waals surface area (Å²) in [7, 11) is 0. The highest BCUT2D eigenvalue weighted by molar-refractivity contribution is 5.10. The molecule has 0 aromatic carbocycles. The summed E-state index contributed by atoms with van der Waals surface area (Å²) in [4.78, 5) is 0. The normalized spacial score (nSPS) is 10.3. The molecule has 0 aliphatic carbocycles. The number of aromatic nitrogens is 2. The molecule has 0 aliphatic rings. The lowest BCUT2D eigenvalue weighted by atomic mass is 10.2. The lowest BCUT2D eigenvalue weighted by Crippen LogP contribution is -2.01. The molecule has 1 N–H and O–H groups in total. The van der Waals surface area contributed by atoms with Gasteiger partial charge in [-0.25, -0.2) is 0 Å². The Bertz CT molecular complexity index is 262. The maximum atomic E-state index is 8.76. The standard InChI is InChI=1S/C11H18N2O2/c1-2-3-4-5-8-15-11-7-6-10(9-14)12-13-11/h6-7,14H,2-5,8-9H2,1H3. The van der Waals surface area contributed by atoms with Gasteiger partial charge in [0.15, 0.2) is 0 Å². The van der Waals surface area contributed by atoms with Crippen molar-refractivity contribution in [3.63, 3.8) is 0 Å². The van der Waals surface area contributed by atoms with E-state index in [2.05, 4.69) is 17.1 Å². The molecule has 1 aromatic rings. The van der Waals surface area contributed by atoms with Gasteiger partial charge in [0.25, 0.3) is 0 Å². The van der Waals surface area contributed by atoms with Gasteiger partial charge in [0.1, 0.15) is 0 Å². The smallest absolute Gasteiger partial charge is 0.233 e. The van der Waals surface area contributed by atoms with Gasteiger partial charge in [0.05, 0.1) is 18.9 Å². The molecule has 0 saturated heterocycles. The SMILES string of the molecule is CCCCCCOc1ccc(CO)nn1. The van der Waals surface area contributed by atoms with Gasteiger partial charge in [-0.15, -0.1) is 10.2 Å². The van der Waals surface area contributed by atoms with E-state index in [9.17, 15) is 0 Å². The molecule has 84 valence electrons. The van der Waals surface area contributed by atoms with Crippen LogP contribution in [-0.4, -0.2) is 21.9 Å². The highest BCUT2D eigenvalue weighted by atomic mass is 16.5. The average molecular weight is 210 g/mol. The molecule has 0 spiro atoms. The van der Waals surface area contributed by atoms with Crippen LogP contribution in [0.1, 0.15) is 38.3 Å². The van der Waals surface area contributed by atoms with E-state index in [0.29, 0.717) is 18.2 Å². The maximum absolute atomic E-state index is 8.76. The van der Waals surface area contributed by atoms with Crippen molar-refractivity contribution in [3.05, 3.63) is 17.8 Å². The minimum absolute atomic E-state index is 0.0796. The van der Waals surface area contributed by atoms with E-state index in [1.54, 1.807) is 12.1 Å². The fraction of sp³-hybridized carbons (Fsp3) is 0.636. The average Bonchev–Trinajstić information content (AvgIpc) is 2.30. The van der Waals surface area contributed by atoms with Crippen molar-refractivity contribution in [1.82, 2.24) is 10.2 Å². The van der Waals surface area contributed by atoms with Crippen molar-refractivity contribution in [2.75, 3.05) is 6.61 Å². The fourth-order valence-electron chi connectivity index (χ4n) is 1.21. The predicted molar refractivity (Wildman–Crippen MR) is 57.6 cm³/mol. The van der Waals surface area contributed by atoms with Crippen LogP contribution in [0.5, 0.6) is 5.88 Å². The van der Waals surface area contributed by atoms with Gasteiger partial charge in [-0.3, -0.25) is 0 Å². The van der Waals surface area contributed by atoms with E-state index in [1.165, 1.54) is 19.3 Å². The summed E-state index contributed by atoms with van der Waals surface area (Å²) in [5.41, 5.74) is 0.563. The molecule has 1 rings (SSSR count). The highest BCUT2D eigenvalue weighted by Crippen LogP contribution is 2.06. The summed E-state index contributed by atoms with van der Waals surface area (Å²) in [5.74, 6) is 0.531. The Morgan fingerprint density at radius 2 is 2.07 bits per heavy atom. The quantitative estimate of drug-likeness (QED) is 0.699. The number of nitrogens with zero attached hydrogens (tertiary/aromatic N) is 2.